The number of rotatable bonds is 5. The summed E-state index contributed by atoms with van der Waals surface area (Å²) in [6, 6.07) is 12.4. The van der Waals surface area contributed by atoms with E-state index in [-0.39, 0.29) is 11.0 Å². The largest absolute Gasteiger partial charge is 0.493 e. The summed E-state index contributed by atoms with van der Waals surface area (Å²) < 4.78 is 6.55. The van der Waals surface area contributed by atoms with Gasteiger partial charge in [-0.2, -0.15) is 0 Å². The van der Waals surface area contributed by atoms with E-state index in [1.807, 2.05) is 12.1 Å². The lowest BCUT2D eigenvalue weighted by Gasteiger charge is -2.10. The van der Waals surface area contributed by atoms with Gasteiger partial charge in [-0.1, -0.05) is 36.8 Å². The molecule has 0 saturated heterocycles. The van der Waals surface area contributed by atoms with Crippen LogP contribution in [-0.4, -0.2) is 22.6 Å². The van der Waals surface area contributed by atoms with Crippen molar-refractivity contribution < 1.29 is 9.53 Å². The predicted octanol–water partition coefficient (Wildman–Crippen LogP) is 5.11. The number of fused-ring (bicyclic) bond motifs is 1. The Kier molecular flexibility index (Phi) is 6.26. The first-order chi connectivity index (χ1) is 12.9. The molecule has 3 aromatic rings. The van der Waals surface area contributed by atoms with Gasteiger partial charge in [0.25, 0.3) is 5.91 Å². The molecular weight excluding hydrogens is 402 g/mol. The van der Waals surface area contributed by atoms with Crippen molar-refractivity contribution in [2.45, 2.75) is 13.8 Å². The molecule has 0 bridgehead atoms. The summed E-state index contributed by atoms with van der Waals surface area (Å²) in [6.45, 7) is 4.79. The molecule has 0 aliphatic rings. The number of nitrogens with one attached hydrogen (secondary N) is 2. The van der Waals surface area contributed by atoms with E-state index in [9.17, 15) is 4.79 Å². The minimum atomic E-state index is -0.299. The average molecular weight is 420 g/mol. The maximum atomic E-state index is 12.3. The van der Waals surface area contributed by atoms with E-state index in [2.05, 4.69) is 29.5 Å². The van der Waals surface area contributed by atoms with Gasteiger partial charge >= 0.3 is 0 Å². The van der Waals surface area contributed by atoms with E-state index in [4.69, 9.17) is 28.6 Å². The van der Waals surface area contributed by atoms with Gasteiger partial charge in [0.15, 0.2) is 10.2 Å². The second-order valence-electron chi connectivity index (χ2n) is 6.27. The molecule has 27 heavy (non-hydrogen) atoms. The molecule has 1 amide bonds. The van der Waals surface area contributed by atoms with E-state index in [0.29, 0.717) is 28.2 Å². The van der Waals surface area contributed by atoms with E-state index in [0.717, 1.165) is 16.0 Å². The monoisotopic (exact) mass is 419 g/mol. The molecule has 8 heteroatoms. The zero-order valence-corrected chi connectivity index (χ0v) is 17.2. The van der Waals surface area contributed by atoms with E-state index in [1.54, 1.807) is 30.3 Å². The van der Waals surface area contributed by atoms with Crippen molar-refractivity contribution in [3.63, 3.8) is 0 Å². The average Bonchev–Trinajstić information content (AvgIpc) is 3.01. The third kappa shape index (κ3) is 5.38. The van der Waals surface area contributed by atoms with Crippen molar-refractivity contribution in [3.8, 4) is 5.75 Å². The first-order valence-corrected chi connectivity index (χ1v) is 9.92. The van der Waals surface area contributed by atoms with Crippen LogP contribution in [0.25, 0.3) is 10.2 Å². The van der Waals surface area contributed by atoms with Crippen LogP contribution in [0.2, 0.25) is 5.02 Å². The van der Waals surface area contributed by atoms with Crippen LogP contribution in [0.15, 0.2) is 42.5 Å². The van der Waals surface area contributed by atoms with Gasteiger partial charge in [-0.05, 0) is 60.6 Å². The molecule has 0 aliphatic heterocycles. The van der Waals surface area contributed by atoms with Crippen molar-refractivity contribution in [3.05, 3.63) is 53.1 Å². The highest BCUT2D eigenvalue weighted by molar-refractivity contribution is 7.80. The zero-order valence-electron chi connectivity index (χ0n) is 14.8. The van der Waals surface area contributed by atoms with Crippen LogP contribution in [0.5, 0.6) is 5.75 Å². The predicted molar refractivity (Wildman–Crippen MR) is 115 cm³/mol. The Morgan fingerprint density at radius 1 is 1.26 bits per heavy atom. The summed E-state index contributed by atoms with van der Waals surface area (Å²) in [5.74, 6) is 0.871. The number of hydrogen-bond acceptors (Lipinski definition) is 5. The molecule has 3 rings (SSSR count). The molecule has 2 aromatic carbocycles. The lowest BCUT2D eigenvalue weighted by atomic mass is 10.2. The third-order valence-corrected chi connectivity index (χ3v) is 4.87. The zero-order chi connectivity index (χ0) is 19.4. The van der Waals surface area contributed by atoms with Crippen LogP contribution < -0.4 is 15.4 Å². The molecular formula is C19H18ClN3O2S2. The Hall–Kier alpha value is -2.22. The minimum Gasteiger partial charge on any atom is -0.493 e. The first kappa shape index (κ1) is 19.5. The lowest BCUT2D eigenvalue weighted by Crippen LogP contribution is -2.34. The molecule has 0 atom stereocenters. The van der Waals surface area contributed by atoms with Gasteiger partial charge in [-0.3, -0.25) is 10.1 Å². The highest BCUT2D eigenvalue weighted by atomic mass is 35.5. The first-order valence-electron chi connectivity index (χ1n) is 8.32. The van der Waals surface area contributed by atoms with E-state index >= 15 is 0 Å². The quantitative estimate of drug-likeness (QED) is 0.562. The molecule has 0 radical (unpaired) electrons. The second-order valence-corrected chi connectivity index (χ2v) is 8.14. The summed E-state index contributed by atoms with van der Waals surface area (Å²) >= 11 is 12.6. The Bertz CT molecular complexity index is 971. The van der Waals surface area contributed by atoms with Gasteiger partial charge in [0.05, 0.1) is 16.8 Å². The van der Waals surface area contributed by atoms with Gasteiger partial charge in [0.1, 0.15) is 5.75 Å². The highest BCUT2D eigenvalue weighted by Crippen LogP contribution is 2.28. The van der Waals surface area contributed by atoms with Crippen LogP contribution >= 0.6 is 35.2 Å². The number of carbonyl (C=O) groups excluding carboxylic acids is 1. The number of thiocarbonyl (C=S) groups is 1. The van der Waals surface area contributed by atoms with Crippen molar-refractivity contribution in [2.75, 3.05) is 11.9 Å². The number of anilines is 1. The Morgan fingerprint density at radius 3 is 2.70 bits per heavy atom. The summed E-state index contributed by atoms with van der Waals surface area (Å²) in [7, 11) is 0. The number of benzene rings is 2. The molecule has 2 N–H and O–H groups in total. The van der Waals surface area contributed by atoms with Gasteiger partial charge in [0, 0.05) is 10.6 Å². The fraction of sp³-hybridized carbons (Fsp3) is 0.211. The molecule has 5 nitrogen and oxygen atoms in total. The molecule has 140 valence electrons. The number of halogens is 1. The van der Waals surface area contributed by atoms with Crippen LogP contribution in [0.1, 0.15) is 24.2 Å². The van der Waals surface area contributed by atoms with Crippen LogP contribution in [0.4, 0.5) is 5.13 Å². The smallest absolute Gasteiger partial charge is 0.257 e. The number of ether oxygens (including phenoxy) is 1. The van der Waals surface area contributed by atoms with E-state index in [1.165, 1.54) is 11.3 Å². The summed E-state index contributed by atoms with van der Waals surface area (Å²) in [4.78, 5) is 16.7. The highest BCUT2D eigenvalue weighted by Gasteiger charge is 2.11. The summed E-state index contributed by atoms with van der Waals surface area (Å²) in [5.41, 5.74) is 1.31. The second kappa shape index (κ2) is 8.65. The Labute approximate surface area is 171 Å². The van der Waals surface area contributed by atoms with Crippen LogP contribution in [0, 0.1) is 5.92 Å². The maximum Gasteiger partial charge on any atom is 0.257 e. The van der Waals surface area contributed by atoms with Crippen molar-refractivity contribution in [1.29, 1.82) is 0 Å². The van der Waals surface area contributed by atoms with Gasteiger partial charge in [-0.25, -0.2) is 4.98 Å². The van der Waals surface area contributed by atoms with Crippen molar-refractivity contribution in [1.82, 2.24) is 10.3 Å². The lowest BCUT2D eigenvalue weighted by molar-refractivity contribution is 0.0977. The number of carbonyl (C=O) groups is 1. The van der Waals surface area contributed by atoms with Gasteiger partial charge in [-0.15, -0.1) is 0 Å². The molecule has 0 fully saturated rings. The SMILES string of the molecule is CC(C)COc1ccc(C(=O)NC(=S)Nc2nc3ccc(Cl)cc3s2)cc1. The van der Waals surface area contributed by atoms with Gasteiger partial charge < -0.3 is 10.1 Å². The Balaban J connectivity index is 1.58. The summed E-state index contributed by atoms with van der Waals surface area (Å²) in [6.07, 6.45) is 0. The molecule has 0 spiro atoms. The van der Waals surface area contributed by atoms with Gasteiger partial charge in [0.2, 0.25) is 0 Å². The summed E-state index contributed by atoms with van der Waals surface area (Å²) in [5, 5.41) is 7.01. The van der Waals surface area contributed by atoms with Crippen LogP contribution in [-0.2, 0) is 0 Å². The fourth-order valence-corrected chi connectivity index (χ4v) is 3.62. The minimum absolute atomic E-state index is 0.185. The normalized spacial score (nSPS) is 10.8. The molecule has 0 saturated carbocycles. The number of amides is 1. The molecule has 0 aliphatic carbocycles. The number of thiazole rings is 1. The maximum absolute atomic E-state index is 12.3. The third-order valence-electron chi connectivity index (χ3n) is 3.50. The standard InChI is InChI=1S/C19H18ClN3O2S2/c1-11(2)10-25-14-6-3-12(4-7-14)17(24)22-18(26)23-19-21-15-8-5-13(20)9-16(15)27-19/h3-9,11H,10H2,1-2H3,(H2,21,22,23,24,26). The molecule has 1 heterocycles. The number of hydrogen-bond donors (Lipinski definition) is 2. The number of aromatic nitrogens is 1. The van der Waals surface area contributed by atoms with Crippen molar-refractivity contribution in [2.24, 2.45) is 5.92 Å². The Morgan fingerprint density at radius 2 is 2.00 bits per heavy atom. The fourth-order valence-electron chi connectivity index (χ4n) is 2.22. The molecule has 1 aromatic heterocycles. The number of nitrogens with zero attached hydrogens (tertiary/aromatic N) is 1. The van der Waals surface area contributed by atoms with Crippen LogP contribution in [0.3, 0.4) is 0 Å². The molecule has 0 unspecified atom stereocenters. The van der Waals surface area contributed by atoms with Crippen molar-refractivity contribution >= 4 is 61.5 Å². The van der Waals surface area contributed by atoms with E-state index < -0.39 is 0 Å². The topological polar surface area (TPSA) is 63.2 Å².